The lowest BCUT2D eigenvalue weighted by atomic mass is 10.0. The number of thiazole rings is 1. The van der Waals surface area contributed by atoms with E-state index in [0.29, 0.717) is 47.6 Å². The van der Waals surface area contributed by atoms with Gasteiger partial charge >= 0.3 is 0 Å². The second kappa shape index (κ2) is 9.92. The Labute approximate surface area is 201 Å². The minimum absolute atomic E-state index is 0.326. The third kappa shape index (κ3) is 5.34. The van der Waals surface area contributed by atoms with Gasteiger partial charge in [0.15, 0.2) is 10.8 Å². The Kier molecular flexibility index (Phi) is 6.78. The molecule has 1 aliphatic rings. The number of nitrogens with two attached hydrogens (primary N) is 1. The summed E-state index contributed by atoms with van der Waals surface area (Å²) in [6, 6.07) is 14.9. The number of carbonyl (C=O) groups excluding carboxylic acids is 1. The van der Waals surface area contributed by atoms with Gasteiger partial charge in [0.2, 0.25) is 0 Å². The Bertz CT molecular complexity index is 1240. The van der Waals surface area contributed by atoms with Gasteiger partial charge in [-0.2, -0.15) is 0 Å². The fourth-order valence-electron chi connectivity index (χ4n) is 3.68. The van der Waals surface area contributed by atoms with Crippen molar-refractivity contribution in [3.63, 3.8) is 0 Å². The van der Waals surface area contributed by atoms with Crippen molar-refractivity contribution in [2.45, 2.75) is 32.7 Å². The molecule has 0 radical (unpaired) electrons. The lowest BCUT2D eigenvalue weighted by Crippen LogP contribution is -2.33. The van der Waals surface area contributed by atoms with Crippen LogP contribution in [0.4, 0.5) is 17.1 Å². The normalized spacial score (nSPS) is 13.5. The van der Waals surface area contributed by atoms with E-state index in [-0.39, 0.29) is 5.91 Å². The van der Waals surface area contributed by atoms with E-state index >= 15 is 0 Å². The average Bonchev–Trinajstić information content (AvgIpc) is 3.24. The van der Waals surface area contributed by atoms with E-state index in [1.165, 1.54) is 16.9 Å². The number of nitrogens with one attached hydrogen (secondary N) is 2. The Morgan fingerprint density at radius 2 is 1.94 bits per heavy atom. The molecule has 0 fully saturated rings. The highest BCUT2D eigenvalue weighted by molar-refractivity contribution is 7.13. The van der Waals surface area contributed by atoms with E-state index in [1.807, 2.05) is 29.2 Å². The van der Waals surface area contributed by atoms with E-state index in [4.69, 9.17) is 5.73 Å². The third-order valence-electron chi connectivity index (χ3n) is 5.55. The van der Waals surface area contributed by atoms with E-state index in [1.54, 1.807) is 24.3 Å². The summed E-state index contributed by atoms with van der Waals surface area (Å²) >= 11 is 1.29. The predicted molar refractivity (Wildman–Crippen MR) is 134 cm³/mol. The Hall–Kier alpha value is -3.92. The molecular formula is C24H26N6O3S. The number of hydrogen-bond acceptors (Lipinski definition) is 8. The number of aromatic nitrogens is 1. The van der Waals surface area contributed by atoms with Crippen LogP contribution in [-0.4, -0.2) is 27.3 Å². The van der Waals surface area contributed by atoms with E-state index in [0.717, 1.165) is 22.5 Å². The molecule has 34 heavy (non-hydrogen) atoms. The number of anilines is 3. The molecule has 0 saturated carbocycles. The van der Waals surface area contributed by atoms with Crippen molar-refractivity contribution in [1.82, 2.24) is 9.88 Å². The summed E-state index contributed by atoms with van der Waals surface area (Å²) in [5.74, 6) is 0.470. The monoisotopic (exact) mass is 478 g/mol. The molecule has 4 N–H and O–H groups in total. The standard InChI is InChI=1S/C24H26N6O3S/c1-15(2)16-7-9-17(10-8-16)26-22(14-30(32)33)29-12-11-20-21(13-29)34-24(28-20)23(31)27-19-6-4-3-5-18(19)25/h3-10,14-15,26H,11-13,25H2,1-2H3,(H,27,31)/b22-14-. The van der Waals surface area contributed by atoms with Crippen LogP contribution in [0.15, 0.2) is 60.6 Å². The number of nitrogen functional groups attached to an aromatic ring is 1. The molecule has 2 heterocycles. The average molecular weight is 479 g/mol. The van der Waals surface area contributed by atoms with Crippen LogP contribution in [0.5, 0.6) is 0 Å². The molecule has 176 valence electrons. The summed E-state index contributed by atoms with van der Waals surface area (Å²) in [6.07, 6.45) is 1.56. The zero-order chi connectivity index (χ0) is 24.2. The number of amides is 1. The van der Waals surface area contributed by atoms with Gasteiger partial charge in [0.25, 0.3) is 12.1 Å². The Balaban J connectivity index is 1.50. The van der Waals surface area contributed by atoms with Gasteiger partial charge in [-0.1, -0.05) is 38.1 Å². The molecule has 3 aromatic rings. The van der Waals surface area contributed by atoms with Gasteiger partial charge in [0.05, 0.1) is 28.5 Å². The molecule has 0 saturated heterocycles. The number of benzene rings is 2. The molecule has 0 aliphatic carbocycles. The molecule has 10 heteroatoms. The van der Waals surface area contributed by atoms with Crippen LogP contribution in [0.2, 0.25) is 0 Å². The van der Waals surface area contributed by atoms with Crippen LogP contribution in [0.25, 0.3) is 0 Å². The van der Waals surface area contributed by atoms with Crippen LogP contribution < -0.4 is 16.4 Å². The van der Waals surface area contributed by atoms with Gasteiger partial charge in [-0.3, -0.25) is 14.9 Å². The molecule has 0 spiro atoms. The highest BCUT2D eigenvalue weighted by Gasteiger charge is 2.26. The summed E-state index contributed by atoms with van der Waals surface area (Å²) in [5, 5.41) is 17.6. The topological polar surface area (TPSA) is 126 Å². The van der Waals surface area contributed by atoms with Crippen molar-refractivity contribution in [3.05, 3.63) is 91.8 Å². The number of fused-ring (bicyclic) bond motifs is 1. The summed E-state index contributed by atoms with van der Waals surface area (Å²) < 4.78 is 0. The van der Waals surface area contributed by atoms with Gasteiger partial charge in [-0.05, 0) is 35.7 Å². The smallest absolute Gasteiger partial charge is 0.284 e. The van der Waals surface area contributed by atoms with Gasteiger partial charge in [0, 0.05) is 23.5 Å². The molecule has 1 aliphatic heterocycles. The van der Waals surface area contributed by atoms with Crippen molar-refractivity contribution in [2.75, 3.05) is 22.9 Å². The third-order valence-corrected chi connectivity index (χ3v) is 6.63. The lowest BCUT2D eigenvalue weighted by molar-refractivity contribution is -0.404. The maximum Gasteiger partial charge on any atom is 0.284 e. The SMILES string of the molecule is CC(C)c1ccc(N/C(=C/[N+](=O)[O-])N2CCc3nc(C(=O)Nc4ccccc4N)sc3C2)cc1. The Morgan fingerprint density at radius 3 is 2.62 bits per heavy atom. The van der Waals surface area contributed by atoms with E-state index in [2.05, 4.69) is 29.5 Å². The van der Waals surface area contributed by atoms with Crippen LogP contribution in [0, 0.1) is 10.1 Å². The van der Waals surface area contributed by atoms with Crippen molar-refractivity contribution in [3.8, 4) is 0 Å². The molecule has 1 amide bonds. The summed E-state index contributed by atoms with van der Waals surface area (Å²) in [4.78, 5) is 30.9. The molecule has 0 unspecified atom stereocenters. The Morgan fingerprint density at radius 1 is 1.21 bits per heavy atom. The van der Waals surface area contributed by atoms with Crippen molar-refractivity contribution < 1.29 is 9.72 Å². The molecule has 4 rings (SSSR count). The van der Waals surface area contributed by atoms with E-state index in [9.17, 15) is 14.9 Å². The van der Waals surface area contributed by atoms with Gasteiger partial charge in [-0.25, -0.2) is 4.98 Å². The second-order valence-corrected chi connectivity index (χ2v) is 9.39. The highest BCUT2D eigenvalue weighted by Crippen LogP contribution is 2.29. The fourth-order valence-corrected chi connectivity index (χ4v) is 4.70. The largest absolute Gasteiger partial charge is 0.397 e. The predicted octanol–water partition coefficient (Wildman–Crippen LogP) is 4.65. The molecule has 1 aromatic heterocycles. The van der Waals surface area contributed by atoms with Crippen LogP contribution in [-0.2, 0) is 13.0 Å². The lowest BCUT2D eigenvalue weighted by Gasteiger charge is -2.29. The minimum atomic E-state index is -0.462. The number of rotatable bonds is 7. The van der Waals surface area contributed by atoms with Crippen LogP contribution in [0.1, 0.15) is 45.7 Å². The number of para-hydroxylation sites is 2. The second-order valence-electron chi connectivity index (χ2n) is 8.30. The minimum Gasteiger partial charge on any atom is -0.397 e. The number of nitrogens with zero attached hydrogens (tertiary/aromatic N) is 3. The number of carbonyl (C=O) groups is 1. The van der Waals surface area contributed by atoms with Crippen molar-refractivity contribution in [2.24, 2.45) is 0 Å². The fraction of sp³-hybridized carbons (Fsp3) is 0.250. The first kappa shape index (κ1) is 23.2. The van der Waals surface area contributed by atoms with E-state index < -0.39 is 4.92 Å². The summed E-state index contributed by atoms with van der Waals surface area (Å²) in [7, 11) is 0. The maximum absolute atomic E-state index is 12.7. The molecule has 0 bridgehead atoms. The molecule has 2 aromatic carbocycles. The van der Waals surface area contributed by atoms with Gasteiger partial charge in [-0.15, -0.1) is 11.3 Å². The number of hydrogen-bond donors (Lipinski definition) is 3. The first-order chi connectivity index (χ1) is 16.3. The molecular weight excluding hydrogens is 452 g/mol. The molecule has 9 nitrogen and oxygen atoms in total. The zero-order valence-electron chi connectivity index (χ0n) is 18.9. The first-order valence-electron chi connectivity index (χ1n) is 10.9. The number of nitro groups is 1. The molecule has 0 atom stereocenters. The summed E-state index contributed by atoms with van der Waals surface area (Å²) in [5.41, 5.74) is 9.73. The maximum atomic E-state index is 12.7. The van der Waals surface area contributed by atoms with Gasteiger partial charge < -0.3 is 21.3 Å². The highest BCUT2D eigenvalue weighted by atomic mass is 32.1. The first-order valence-corrected chi connectivity index (χ1v) is 11.7. The van der Waals surface area contributed by atoms with Crippen molar-refractivity contribution >= 4 is 34.3 Å². The van der Waals surface area contributed by atoms with Gasteiger partial charge in [0.1, 0.15) is 0 Å². The van der Waals surface area contributed by atoms with Crippen molar-refractivity contribution in [1.29, 1.82) is 0 Å². The quantitative estimate of drug-likeness (QED) is 0.256. The zero-order valence-corrected chi connectivity index (χ0v) is 19.8. The summed E-state index contributed by atoms with van der Waals surface area (Å²) in [6.45, 7) is 5.19. The van der Waals surface area contributed by atoms with Crippen LogP contribution >= 0.6 is 11.3 Å². The van der Waals surface area contributed by atoms with Crippen LogP contribution in [0.3, 0.4) is 0 Å².